The molecule has 0 bridgehead atoms. The highest BCUT2D eigenvalue weighted by Gasteiger charge is 2.28. The Morgan fingerprint density at radius 1 is 0.392 bits per heavy atom. The molecule has 74 heavy (non-hydrogen) atoms. The van der Waals surface area contributed by atoms with Crippen LogP contribution in [0, 0.1) is 0 Å². The standard InChI is InChI=1S/C62H99O11P/c1-4-7-10-13-16-19-21-23-25-27-29-31-33-35-37-40-42-45-48-51-60(64)69-55-59(57-71-74(67,68)70-56-58(54-63)72-61(65)52-49-46-43-39-18-15-12-9-6-3)73-62(66)53-50-47-44-41-38-36-34-32-30-28-26-24-22-20-17-14-11-8-5-2/h7-8,10-11,16-17,19-20,23-26,29-32,35-38,44,47,58-59,63H,4-6,9,12-15,18,21-22,27-28,33-34,39-43,45-46,48-57H2,1-3H3,(H,67,68)/b10-7-,11-8-,19-16-,20-17-,25-23-,26-24-,31-29-,32-30-,37-35-,38-36-,47-44-. The maximum atomic E-state index is 12.9. The molecule has 0 aromatic carbocycles. The van der Waals surface area contributed by atoms with Gasteiger partial charge in [-0.3, -0.25) is 23.4 Å². The maximum absolute atomic E-state index is 12.9. The first-order valence-corrected chi connectivity index (χ1v) is 29.6. The molecule has 11 nitrogen and oxygen atoms in total. The van der Waals surface area contributed by atoms with Crippen molar-refractivity contribution in [1.29, 1.82) is 0 Å². The SMILES string of the molecule is CC/C=C\C/C=C\C/C=C\C/C=C\C/C=C\C/C=C\CCC(=O)OC(COC(=O)CCCCC/C=C\C/C=C\C/C=C\C/C=C\C/C=C\CC)COP(=O)(O)OCC(CO)OC(=O)CCCCCCCCCCC. The molecule has 0 aliphatic carbocycles. The zero-order valence-electron chi connectivity index (χ0n) is 46.0. The summed E-state index contributed by atoms with van der Waals surface area (Å²) in [5, 5.41) is 9.77. The molecule has 0 amide bonds. The fourth-order valence-corrected chi connectivity index (χ4v) is 7.66. The van der Waals surface area contributed by atoms with Gasteiger partial charge in [0, 0.05) is 19.3 Å². The largest absolute Gasteiger partial charge is 0.472 e. The number of ether oxygens (including phenoxy) is 3. The van der Waals surface area contributed by atoms with E-state index in [1.165, 1.54) is 32.1 Å². The molecule has 0 radical (unpaired) electrons. The summed E-state index contributed by atoms with van der Waals surface area (Å²) in [4.78, 5) is 48.4. The molecule has 0 aromatic heterocycles. The number of carbonyl (C=O) groups excluding carboxylic acids is 3. The monoisotopic (exact) mass is 1050 g/mol. The molecule has 2 N–H and O–H groups in total. The number of aliphatic hydroxyl groups excluding tert-OH is 1. The van der Waals surface area contributed by atoms with Crippen LogP contribution in [0.4, 0.5) is 0 Å². The Morgan fingerprint density at radius 2 is 0.730 bits per heavy atom. The van der Waals surface area contributed by atoms with Crippen molar-refractivity contribution >= 4 is 25.7 Å². The van der Waals surface area contributed by atoms with Crippen molar-refractivity contribution in [3.8, 4) is 0 Å². The number of hydrogen-bond donors (Lipinski definition) is 2. The summed E-state index contributed by atoms with van der Waals surface area (Å²) in [5.74, 6) is -1.62. The number of hydrogen-bond acceptors (Lipinski definition) is 10. The van der Waals surface area contributed by atoms with E-state index in [1.807, 2.05) is 12.2 Å². The van der Waals surface area contributed by atoms with Crippen LogP contribution in [0.3, 0.4) is 0 Å². The van der Waals surface area contributed by atoms with Crippen LogP contribution in [-0.2, 0) is 42.2 Å². The molecule has 0 rings (SSSR count). The number of rotatable bonds is 50. The van der Waals surface area contributed by atoms with Gasteiger partial charge in [0.15, 0.2) is 6.10 Å². The summed E-state index contributed by atoms with van der Waals surface area (Å²) in [6, 6.07) is 0. The molecule has 0 heterocycles. The van der Waals surface area contributed by atoms with Crippen LogP contribution in [0.1, 0.15) is 201 Å². The van der Waals surface area contributed by atoms with Gasteiger partial charge in [-0.15, -0.1) is 0 Å². The second kappa shape index (κ2) is 54.9. The molecule has 3 unspecified atom stereocenters. The fourth-order valence-electron chi connectivity index (χ4n) is 6.88. The van der Waals surface area contributed by atoms with Gasteiger partial charge in [0.25, 0.3) is 0 Å². The highest BCUT2D eigenvalue weighted by molar-refractivity contribution is 7.47. The Labute approximate surface area is 449 Å². The van der Waals surface area contributed by atoms with Gasteiger partial charge in [0.05, 0.1) is 19.8 Å². The molecule has 3 atom stereocenters. The van der Waals surface area contributed by atoms with E-state index in [4.69, 9.17) is 23.3 Å². The van der Waals surface area contributed by atoms with Gasteiger partial charge in [0.1, 0.15) is 12.7 Å². The van der Waals surface area contributed by atoms with Gasteiger partial charge in [-0.25, -0.2) is 4.57 Å². The molecular formula is C62H99O11P. The van der Waals surface area contributed by atoms with Gasteiger partial charge in [0.2, 0.25) is 0 Å². The van der Waals surface area contributed by atoms with Crippen LogP contribution in [-0.4, -0.2) is 66.5 Å². The number of phosphoric acid groups is 1. The average Bonchev–Trinajstić information content (AvgIpc) is 3.39. The third-order valence-electron chi connectivity index (χ3n) is 11.1. The Bertz CT molecular complexity index is 1750. The van der Waals surface area contributed by atoms with E-state index in [0.717, 1.165) is 103 Å². The number of esters is 3. The Hall–Kier alpha value is -4.38. The summed E-state index contributed by atoms with van der Waals surface area (Å²) in [7, 11) is -4.78. The van der Waals surface area contributed by atoms with Crippen LogP contribution >= 0.6 is 7.82 Å². The minimum absolute atomic E-state index is 0.0282. The van der Waals surface area contributed by atoms with E-state index < -0.39 is 57.8 Å². The van der Waals surface area contributed by atoms with Gasteiger partial charge in [-0.05, 0) is 103 Å². The summed E-state index contributed by atoms with van der Waals surface area (Å²) in [6.45, 7) is 4.24. The predicted octanol–water partition coefficient (Wildman–Crippen LogP) is 16.6. The lowest BCUT2D eigenvalue weighted by molar-refractivity contribution is -0.161. The molecule has 0 spiro atoms. The molecular weight excluding hydrogens is 952 g/mol. The van der Waals surface area contributed by atoms with E-state index >= 15 is 0 Å². The maximum Gasteiger partial charge on any atom is 0.472 e. The first-order chi connectivity index (χ1) is 36.2. The van der Waals surface area contributed by atoms with Crippen molar-refractivity contribution in [1.82, 2.24) is 0 Å². The van der Waals surface area contributed by atoms with Crippen molar-refractivity contribution in [2.75, 3.05) is 26.4 Å². The van der Waals surface area contributed by atoms with Gasteiger partial charge >= 0.3 is 25.7 Å². The summed E-state index contributed by atoms with van der Waals surface area (Å²) in [5.41, 5.74) is 0. The highest BCUT2D eigenvalue weighted by atomic mass is 31.2. The Balaban J connectivity index is 4.92. The topological polar surface area (TPSA) is 155 Å². The number of aliphatic hydroxyl groups is 1. The highest BCUT2D eigenvalue weighted by Crippen LogP contribution is 2.43. The Kier molecular flexibility index (Phi) is 51.6. The van der Waals surface area contributed by atoms with Crippen molar-refractivity contribution in [2.45, 2.75) is 213 Å². The van der Waals surface area contributed by atoms with E-state index in [2.05, 4.69) is 142 Å². The molecule has 0 aromatic rings. The minimum Gasteiger partial charge on any atom is -0.462 e. The normalized spacial score (nSPS) is 14.4. The lowest BCUT2D eigenvalue weighted by Gasteiger charge is -2.21. The van der Waals surface area contributed by atoms with Crippen molar-refractivity contribution in [3.05, 3.63) is 134 Å². The van der Waals surface area contributed by atoms with E-state index in [0.29, 0.717) is 25.7 Å². The zero-order chi connectivity index (χ0) is 54.1. The quantitative estimate of drug-likeness (QED) is 0.0197. The number of unbranched alkanes of at least 4 members (excludes halogenated alkanes) is 11. The summed E-state index contributed by atoms with van der Waals surface area (Å²) >= 11 is 0. The molecule has 12 heteroatoms. The summed E-state index contributed by atoms with van der Waals surface area (Å²) < 4.78 is 39.3. The lowest BCUT2D eigenvalue weighted by Crippen LogP contribution is -2.30. The van der Waals surface area contributed by atoms with Crippen LogP contribution in [0.2, 0.25) is 0 Å². The summed E-state index contributed by atoms with van der Waals surface area (Å²) in [6.07, 6.45) is 68.7. The van der Waals surface area contributed by atoms with E-state index in [-0.39, 0.29) is 25.9 Å². The van der Waals surface area contributed by atoms with E-state index in [9.17, 15) is 28.9 Å². The lowest BCUT2D eigenvalue weighted by atomic mass is 10.1. The van der Waals surface area contributed by atoms with Gasteiger partial charge in [-0.2, -0.15) is 0 Å². The van der Waals surface area contributed by atoms with Crippen LogP contribution in [0.25, 0.3) is 0 Å². The average molecular weight is 1050 g/mol. The third kappa shape index (κ3) is 52.5. The Morgan fingerprint density at radius 3 is 1.16 bits per heavy atom. The number of allylic oxidation sites excluding steroid dienone is 22. The molecule has 0 saturated heterocycles. The van der Waals surface area contributed by atoms with Crippen molar-refractivity contribution in [3.63, 3.8) is 0 Å². The zero-order valence-corrected chi connectivity index (χ0v) is 46.9. The molecule has 418 valence electrons. The number of carbonyl (C=O) groups is 3. The van der Waals surface area contributed by atoms with Crippen LogP contribution in [0.5, 0.6) is 0 Å². The van der Waals surface area contributed by atoms with E-state index in [1.54, 1.807) is 0 Å². The van der Waals surface area contributed by atoms with Crippen LogP contribution < -0.4 is 0 Å². The molecule has 0 aliphatic heterocycles. The van der Waals surface area contributed by atoms with Gasteiger partial charge in [-0.1, -0.05) is 212 Å². The molecule has 0 aliphatic rings. The van der Waals surface area contributed by atoms with Gasteiger partial charge < -0.3 is 24.2 Å². The van der Waals surface area contributed by atoms with Crippen molar-refractivity contribution < 1.29 is 52.2 Å². The second-order valence-electron chi connectivity index (χ2n) is 18.0. The minimum atomic E-state index is -4.78. The second-order valence-corrected chi connectivity index (χ2v) is 19.4. The smallest absolute Gasteiger partial charge is 0.462 e. The number of phosphoric ester groups is 1. The first kappa shape index (κ1) is 69.6. The predicted molar refractivity (Wildman–Crippen MR) is 306 cm³/mol. The van der Waals surface area contributed by atoms with Crippen molar-refractivity contribution in [2.24, 2.45) is 0 Å². The third-order valence-corrected chi connectivity index (χ3v) is 12.0. The molecule has 0 saturated carbocycles. The first-order valence-electron chi connectivity index (χ1n) is 28.1. The fraction of sp³-hybridized carbons (Fsp3) is 0.597. The molecule has 0 fully saturated rings. The van der Waals surface area contributed by atoms with Crippen LogP contribution in [0.15, 0.2) is 134 Å².